The first-order chi connectivity index (χ1) is 17.4. The Balaban J connectivity index is 2.08. The van der Waals surface area contributed by atoms with E-state index in [4.69, 9.17) is 14.2 Å². The van der Waals surface area contributed by atoms with Crippen molar-refractivity contribution in [3.8, 4) is 51.5 Å². The Labute approximate surface area is 207 Å². The molecule has 0 bridgehead atoms. The lowest BCUT2D eigenvalue weighted by atomic mass is 9.97. The number of nitriles is 1. The van der Waals surface area contributed by atoms with E-state index in [-0.39, 0.29) is 16.8 Å². The number of rotatable bonds is 8. The second-order valence-corrected chi connectivity index (χ2v) is 7.80. The van der Waals surface area contributed by atoms with E-state index in [0.29, 0.717) is 40.7 Å². The molecule has 9 heteroatoms. The van der Waals surface area contributed by atoms with Gasteiger partial charge in [-0.25, -0.2) is 13.8 Å². The molecule has 0 radical (unpaired) electrons. The summed E-state index contributed by atoms with van der Waals surface area (Å²) in [6.07, 6.45) is 1.78. The third-order valence-corrected chi connectivity index (χ3v) is 5.71. The molecule has 0 aliphatic heterocycles. The quantitative estimate of drug-likeness (QED) is 0.370. The van der Waals surface area contributed by atoms with Crippen LogP contribution < -0.4 is 19.5 Å². The van der Waals surface area contributed by atoms with Crippen LogP contribution in [0.4, 0.5) is 8.78 Å². The van der Waals surface area contributed by atoms with Gasteiger partial charge >= 0.3 is 0 Å². The molecule has 4 rings (SSSR count). The van der Waals surface area contributed by atoms with Crippen LogP contribution in [0.5, 0.6) is 17.2 Å². The minimum absolute atomic E-state index is 0.0955. The molecule has 0 fully saturated rings. The van der Waals surface area contributed by atoms with Crippen molar-refractivity contribution in [2.24, 2.45) is 0 Å². The van der Waals surface area contributed by atoms with E-state index in [9.17, 15) is 14.0 Å². The van der Waals surface area contributed by atoms with Gasteiger partial charge in [-0.05, 0) is 55.1 Å². The van der Waals surface area contributed by atoms with Crippen molar-refractivity contribution in [2.75, 3.05) is 28.4 Å². The Kier molecular flexibility index (Phi) is 7.17. The van der Waals surface area contributed by atoms with Crippen molar-refractivity contribution in [1.29, 1.82) is 5.26 Å². The molecule has 36 heavy (non-hydrogen) atoms. The first kappa shape index (κ1) is 24.7. The molecule has 0 spiro atoms. The number of nitrogens with one attached hydrogen (secondary N) is 1. The topological polar surface area (TPSA) is 81.3 Å². The van der Waals surface area contributed by atoms with Gasteiger partial charge in [-0.15, -0.1) is 0 Å². The van der Waals surface area contributed by atoms with Crippen molar-refractivity contribution in [1.82, 2.24) is 14.9 Å². The first-order valence-corrected chi connectivity index (χ1v) is 11.0. The van der Waals surface area contributed by atoms with Crippen LogP contribution in [0.3, 0.4) is 0 Å². The van der Waals surface area contributed by atoms with Crippen LogP contribution in [0, 0.1) is 23.0 Å². The van der Waals surface area contributed by atoms with Crippen LogP contribution in [0.2, 0.25) is 0 Å². The van der Waals surface area contributed by atoms with Crippen LogP contribution >= 0.6 is 0 Å². The number of halogens is 2. The molecule has 0 saturated heterocycles. The second kappa shape index (κ2) is 10.5. The highest BCUT2D eigenvalue weighted by atomic mass is 19.1. The normalized spacial score (nSPS) is 10.7. The van der Waals surface area contributed by atoms with Crippen molar-refractivity contribution < 1.29 is 23.0 Å². The summed E-state index contributed by atoms with van der Waals surface area (Å²) in [6, 6.07) is 14.3. The Morgan fingerprint density at radius 2 is 1.69 bits per heavy atom. The molecule has 2 aromatic carbocycles. The number of aromatic nitrogens is 2. The number of ether oxygens (including phenoxy) is 3. The van der Waals surface area contributed by atoms with Crippen molar-refractivity contribution in [3.05, 3.63) is 77.6 Å². The van der Waals surface area contributed by atoms with E-state index in [2.05, 4.69) is 16.4 Å². The maximum absolute atomic E-state index is 14.8. The lowest BCUT2D eigenvalue weighted by Crippen LogP contribution is -2.12. The van der Waals surface area contributed by atoms with Gasteiger partial charge in [-0.3, -0.25) is 0 Å². The van der Waals surface area contributed by atoms with E-state index in [1.807, 2.05) is 19.2 Å². The molecule has 1 N–H and O–H groups in total. The molecule has 0 aliphatic rings. The summed E-state index contributed by atoms with van der Waals surface area (Å²) < 4.78 is 46.7. The van der Waals surface area contributed by atoms with Gasteiger partial charge in [-0.1, -0.05) is 0 Å². The molecular formula is C27H24F2N4O3. The van der Waals surface area contributed by atoms with E-state index >= 15 is 0 Å². The molecule has 7 nitrogen and oxygen atoms in total. The zero-order chi connectivity index (χ0) is 25.8. The second-order valence-electron chi connectivity index (χ2n) is 7.80. The largest absolute Gasteiger partial charge is 0.493 e. The summed E-state index contributed by atoms with van der Waals surface area (Å²) in [5.74, 6) is 0.00956. The van der Waals surface area contributed by atoms with E-state index in [1.54, 1.807) is 29.0 Å². The van der Waals surface area contributed by atoms with E-state index < -0.39 is 11.6 Å². The minimum Gasteiger partial charge on any atom is -0.493 e. The maximum Gasteiger partial charge on any atom is 0.203 e. The van der Waals surface area contributed by atoms with Crippen LogP contribution in [-0.2, 0) is 6.54 Å². The molecular weight excluding hydrogens is 466 g/mol. The Morgan fingerprint density at radius 3 is 2.28 bits per heavy atom. The summed E-state index contributed by atoms with van der Waals surface area (Å²) in [6.45, 7) is 0.508. The third kappa shape index (κ3) is 4.46. The Hall–Kier alpha value is -4.42. The molecule has 2 aromatic heterocycles. The number of hydrogen-bond donors (Lipinski definition) is 1. The summed E-state index contributed by atoms with van der Waals surface area (Å²) in [4.78, 5) is 4.66. The van der Waals surface area contributed by atoms with E-state index in [1.165, 1.54) is 33.5 Å². The van der Waals surface area contributed by atoms with Crippen LogP contribution in [0.1, 0.15) is 11.3 Å². The van der Waals surface area contributed by atoms with Gasteiger partial charge in [-0.2, -0.15) is 5.26 Å². The van der Waals surface area contributed by atoms with Gasteiger partial charge in [0.25, 0.3) is 0 Å². The van der Waals surface area contributed by atoms with Gasteiger partial charge in [0.2, 0.25) is 5.75 Å². The predicted octanol–water partition coefficient (Wildman–Crippen LogP) is 5.10. The van der Waals surface area contributed by atoms with Crippen LogP contribution in [0.15, 0.2) is 54.7 Å². The van der Waals surface area contributed by atoms with Gasteiger partial charge in [0.1, 0.15) is 23.3 Å². The monoisotopic (exact) mass is 490 g/mol. The molecule has 0 atom stereocenters. The highest BCUT2D eigenvalue weighted by molar-refractivity contribution is 5.81. The number of hydrogen-bond acceptors (Lipinski definition) is 6. The highest BCUT2D eigenvalue weighted by Crippen LogP contribution is 2.43. The average Bonchev–Trinajstić information content (AvgIpc) is 3.35. The third-order valence-electron chi connectivity index (χ3n) is 5.71. The summed E-state index contributed by atoms with van der Waals surface area (Å²) in [5, 5.41) is 13.3. The Bertz CT molecular complexity index is 1440. The fourth-order valence-corrected chi connectivity index (χ4v) is 4.06. The number of benzene rings is 2. The fraction of sp³-hybridized carbons (Fsp3) is 0.185. The number of nitrogens with zero attached hydrogens (tertiary/aromatic N) is 3. The van der Waals surface area contributed by atoms with Crippen LogP contribution in [0.25, 0.3) is 28.2 Å². The standard InChI is InChI=1S/C27H24F2N4O3/c1-31-15-18-6-5-9-33(18)27-21(14-30)20(13-23(32-27)19-8-7-17(28)12-22(19)29)16-10-24(34-2)26(36-4)25(11-16)35-3/h5-13,31H,15H2,1-4H3. The SMILES string of the molecule is CNCc1cccn1-c1nc(-c2ccc(F)cc2F)cc(-c2cc(OC)c(OC)c(OC)c2)c1C#N. The molecule has 4 aromatic rings. The lowest BCUT2D eigenvalue weighted by molar-refractivity contribution is 0.324. The zero-order valence-electron chi connectivity index (χ0n) is 20.2. The van der Waals surface area contributed by atoms with Gasteiger partial charge in [0.05, 0.1) is 27.0 Å². The molecule has 0 unspecified atom stereocenters. The fourth-order valence-electron chi connectivity index (χ4n) is 4.06. The predicted molar refractivity (Wildman–Crippen MR) is 131 cm³/mol. The molecule has 0 saturated carbocycles. The smallest absolute Gasteiger partial charge is 0.203 e. The molecule has 2 heterocycles. The average molecular weight is 491 g/mol. The number of pyridine rings is 1. The van der Waals surface area contributed by atoms with E-state index in [0.717, 1.165) is 11.8 Å². The van der Waals surface area contributed by atoms with Crippen molar-refractivity contribution in [2.45, 2.75) is 6.54 Å². The Morgan fingerprint density at radius 1 is 0.972 bits per heavy atom. The lowest BCUT2D eigenvalue weighted by Gasteiger charge is -2.18. The zero-order valence-corrected chi connectivity index (χ0v) is 20.2. The van der Waals surface area contributed by atoms with Gasteiger partial charge in [0, 0.05) is 35.6 Å². The highest BCUT2D eigenvalue weighted by Gasteiger charge is 2.22. The molecule has 0 amide bonds. The summed E-state index contributed by atoms with van der Waals surface area (Å²) in [7, 11) is 6.29. The molecule has 184 valence electrons. The summed E-state index contributed by atoms with van der Waals surface area (Å²) in [5.41, 5.74) is 2.45. The molecule has 0 aliphatic carbocycles. The first-order valence-electron chi connectivity index (χ1n) is 11.0. The van der Waals surface area contributed by atoms with Gasteiger partial charge < -0.3 is 24.1 Å². The van der Waals surface area contributed by atoms with Crippen molar-refractivity contribution in [3.63, 3.8) is 0 Å². The minimum atomic E-state index is -0.767. The summed E-state index contributed by atoms with van der Waals surface area (Å²) >= 11 is 0. The number of methoxy groups -OCH3 is 3. The van der Waals surface area contributed by atoms with Gasteiger partial charge in [0.15, 0.2) is 17.3 Å². The maximum atomic E-state index is 14.8. The van der Waals surface area contributed by atoms with Crippen LogP contribution in [-0.4, -0.2) is 37.9 Å². The van der Waals surface area contributed by atoms with Crippen molar-refractivity contribution >= 4 is 0 Å².